The van der Waals surface area contributed by atoms with Crippen molar-refractivity contribution in [3.63, 3.8) is 0 Å². The molecule has 1 aliphatic heterocycles. The van der Waals surface area contributed by atoms with E-state index in [1.54, 1.807) is 18.2 Å². The van der Waals surface area contributed by atoms with Gasteiger partial charge in [0.1, 0.15) is 0 Å². The minimum atomic E-state index is -3.46. The first-order valence-corrected chi connectivity index (χ1v) is 10.2. The molecule has 0 spiro atoms. The van der Waals surface area contributed by atoms with Crippen molar-refractivity contribution in [3.8, 4) is 0 Å². The molecule has 1 aromatic rings. The topological polar surface area (TPSA) is 86.7 Å². The molecule has 0 fully saturated rings. The van der Waals surface area contributed by atoms with E-state index in [2.05, 4.69) is 0 Å². The SMILES string of the molecule is CS(=O)(=O)OCCC1OCCc2cc(S(C)(=O)=O)ccc21. The maximum atomic E-state index is 11.6. The zero-order valence-corrected chi connectivity index (χ0v) is 13.5. The molecular weight excluding hydrogens is 316 g/mol. The summed E-state index contributed by atoms with van der Waals surface area (Å²) in [4.78, 5) is 0.286. The summed E-state index contributed by atoms with van der Waals surface area (Å²) < 4.78 is 55.4. The Labute approximate surface area is 125 Å². The first-order chi connectivity index (χ1) is 9.67. The third kappa shape index (κ3) is 4.50. The molecule has 0 aromatic heterocycles. The summed E-state index contributed by atoms with van der Waals surface area (Å²) in [7, 11) is -6.70. The molecule has 118 valence electrons. The average Bonchev–Trinajstić information content (AvgIpc) is 2.36. The molecule has 0 amide bonds. The van der Waals surface area contributed by atoms with Gasteiger partial charge in [0, 0.05) is 12.7 Å². The van der Waals surface area contributed by atoms with Crippen LogP contribution in [0.15, 0.2) is 23.1 Å². The van der Waals surface area contributed by atoms with Crippen molar-refractivity contribution in [1.29, 1.82) is 0 Å². The number of hydrogen-bond donors (Lipinski definition) is 0. The summed E-state index contributed by atoms with van der Waals surface area (Å²) in [5, 5.41) is 0. The number of fused-ring (bicyclic) bond motifs is 1. The molecule has 0 saturated carbocycles. The van der Waals surface area contributed by atoms with Gasteiger partial charge in [0.25, 0.3) is 10.1 Å². The summed E-state index contributed by atoms with van der Waals surface area (Å²) in [6, 6.07) is 4.95. The Balaban J connectivity index is 2.16. The fourth-order valence-electron chi connectivity index (χ4n) is 2.29. The van der Waals surface area contributed by atoms with Gasteiger partial charge in [-0.15, -0.1) is 0 Å². The summed E-state index contributed by atoms with van der Waals surface area (Å²) in [6.45, 7) is 0.514. The average molecular weight is 334 g/mol. The van der Waals surface area contributed by atoms with Gasteiger partial charge >= 0.3 is 0 Å². The predicted octanol–water partition coefficient (Wildman–Crippen LogP) is 1.07. The summed E-state index contributed by atoms with van der Waals surface area (Å²) in [5.41, 5.74) is 1.82. The number of benzene rings is 1. The zero-order chi connectivity index (χ0) is 15.7. The van der Waals surface area contributed by atoms with E-state index in [1.807, 2.05) is 0 Å². The summed E-state index contributed by atoms with van der Waals surface area (Å²) >= 11 is 0. The first kappa shape index (κ1) is 16.4. The lowest BCUT2D eigenvalue weighted by Gasteiger charge is -2.26. The minimum absolute atomic E-state index is 0.0385. The summed E-state index contributed by atoms with van der Waals surface area (Å²) in [5.74, 6) is 0. The number of sulfone groups is 1. The van der Waals surface area contributed by atoms with Gasteiger partial charge < -0.3 is 4.74 Å². The molecule has 1 atom stereocenters. The highest BCUT2D eigenvalue weighted by Gasteiger charge is 2.22. The number of hydrogen-bond acceptors (Lipinski definition) is 6. The van der Waals surface area contributed by atoms with Crippen molar-refractivity contribution < 1.29 is 25.8 Å². The van der Waals surface area contributed by atoms with Crippen molar-refractivity contribution in [1.82, 2.24) is 0 Å². The van der Waals surface area contributed by atoms with Crippen LogP contribution in [-0.2, 0) is 35.3 Å². The Hall–Kier alpha value is -0.960. The molecule has 0 N–H and O–H groups in total. The molecule has 21 heavy (non-hydrogen) atoms. The molecule has 1 heterocycles. The molecule has 1 aromatic carbocycles. The van der Waals surface area contributed by atoms with Crippen LogP contribution < -0.4 is 0 Å². The van der Waals surface area contributed by atoms with Crippen LogP contribution >= 0.6 is 0 Å². The fraction of sp³-hybridized carbons (Fsp3) is 0.538. The van der Waals surface area contributed by atoms with Crippen LogP contribution in [0.2, 0.25) is 0 Å². The van der Waals surface area contributed by atoms with Gasteiger partial charge in [-0.05, 0) is 29.7 Å². The molecular formula is C13H18O6S2. The molecule has 0 bridgehead atoms. The Kier molecular flexibility index (Phi) is 4.72. The van der Waals surface area contributed by atoms with Crippen molar-refractivity contribution in [2.75, 3.05) is 25.7 Å². The van der Waals surface area contributed by atoms with E-state index in [0.29, 0.717) is 19.4 Å². The molecule has 0 radical (unpaired) electrons. The lowest BCUT2D eigenvalue weighted by atomic mass is 9.96. The quantitative estimate of drug-likeness (QED) is 0.749. The van der Waals surface area contributed by atoms with Gasteiger partial charge in [-0.1, -0.05) is 6.07 Å². The first-order valence-electron chi connectivity index (χ1n) is 6.46. The normalized spacial score (nSPS) is 19.2. The van der Waals surface area contributed by atoms with Crippen LogP contribution in [0.3, 0.4) is 0 Å². The van der Waals surface area contributed by atoms with Crippen molar-refractivity contribution in [2.24, 2.45) is 0 Å². The van der Waals surface area contributed by atoms with Gasteiger partial charge in [-0.2, -0.15) is 8.42 Å². The Morgan fingerprint density at radius 3 is 2.57 bits per heavy atom. The van der Waals surface area contributed by atoms with E-state index >= 15 is 0 Å². The Bertz CT molecular complexity index is 721. The Morgan fingerprint density at radius 2 is 1.95 bits per heavy atom. The van der Waals surface area contributed by atoms with Crippen molar-refractivity contribution in [3.05, 3.63) is 29.3 Å². The van der Waals surface area contributed by atoms with Crippen LogP contribution in [-0.4, -0.2) is 42.6 Å². The second-order valence-corrected chi connectivity index (χ2v) is 8.72. The molecule has 1 unspecified atom stereocenters. The highest BCUT2D eigenvalue weighted by molar-refractivity contribution is 7.90. The third-order valence-electron chi connectivity index (χ3n) is 3.26. The minimum Gasteiger partial charge on any atom is -0.373 e. The van der Waals surface area contributed by atoms with Gasteiger partial charge in [0.15, 0.2) is 9.84 Å². The molecule has 2 rings (SSSR count). The molecule has 0 aliphatic carbocycles. The van der Waals surface area contributed by atoms with Crippen LogP contribution in [0.4, 0.5) is 0 Å². The Morgan fingerprint density at radius 1 is 1.24 bits per heavy atom. The second-order valence-electron chi connectivity index (χ2n) is 5.06. The van der Waals surface area contributed by atoms with E-state index in [9.17, 15) is 16.8 Å². The van der Waals surface area contributed by atoms with E-state index in [4.69, 9.17) is 8.92 Å². The lowest BCUT2D eigenvalue weighted by Crippen LogP contribution is -2.19. The zero-order valence-electron chi connectivity index (χ0n) is 11.9. The molecule has 6 nitrogen and oxygen atoms in total. The predicted molar refractivity (Wildman–Crippen MR) is 77.4 cm³/mol. The molecule has 0 saturated heterocycles. The third-order valence-corrected chi connectivity index (χ3v) is 4.96. The standard InChI is InChI=1S/C13H18O6S2/c1-20(14,15)11-3-4-12-10(9-11)5-7-18-13(12)6-8-19-21(2,16)17/h3-4,9,13H,5-8H2,1-2H3. The molecule has 8 heteroatoms. The van der Waals surface area contributed by atoms with E-state index in [-0.39, 0.29) is 17.6 Å². The fourth-order valence-corrected chi connectivity index (χ4v) is 3.36. The number of ether oxygens (including phenoxy) is 1. The largest absolute Gasteiger partial charge is 0.373 e. The molecule has 1 aliphatic rings. The highest BCUT2D eigenvalue weighted by atomic mass is 32.2. The second kappa shape index (κ2) is 6.04. The maximum absolute atomic E-state index is 11.6. The van der Waals surface area contributed by atoms with Gasteiger partial charge in [-0.25, -0.2) is 8.42 Å². The number of rotatable bonds is 5. The van der Waals surface area contributed by atoms with Crippen molar-refractivity contribution >= 4 is 20.0 Å². The van der Waals surface area contributed by atoms with Crippen molar-refractivity contribution in [2.45, 2.75) is 23.8 Å². The van der Waals surface area contributed by atoms with Gasteiger partial charge in [0.05, 0.1) is 30.5 Å². The van der Waals surface area contributed by atoms with E-state index in [1.165, 1.54) is 6.26 Å². The summed E-state index contributed by atoms with van der Waals surface area (Å²) in [6.07, 6.45) is 2.94. The van der Waals surface area contributed by atoms with Crippen LogP contribution in [0.1, 0.15) is 23.7 Å². The van der Waals surface area contributed by atoms with Gasteiger partial charge in [-0.3, -0.25) is 4.18 Å². The van der Waals surface area contributed by atoms with Gasteiger partial charge in [0.2, 0.25) is 0 Å². The van der Waals surface area contributed by atoms with Crippen LogP contribution in [0.25, 0.3) is 0 Å². The lowest BCUT2D eigenvalue weighted by molar-refractivity contribution is 0.0282. The highest BCUT2D eigenvalue weighted by Crippen LogP contribution is 2.31. The van der Waals surface area contributed by atoms with Crippen LogP contribution in [0.5, 0.6) is 0 Å². The van der Waals surface area contributed by atoms with E-state index in [0.717, 1.165) is 17.4 Å². The van der Waals surface area contributed by atoms with E-state index < -0.39 is 20.0 Å². The smallest absolute Gasteiger partial charge is 0.264 e. The van der Waals surface area contributed by atoms with Crippen LogP contribution in [0, 0.1) is 0 Å². The monoisotopic (exact) mass is 334 g/mol. The maximum Gasteiger partial charge on any atom is 0.264 e.